The fourth-order valence-corrected chi connectivity index (χ4v) is 2.67. The smallest absolute Gasteiger partial charge is 0.341 e. The number of anilines is 1. The highest BCUT2D eigenvalue weighted by molar-refractivity contribution is 6.30. The van der Waals surface area contributed by atoms with Crippen LogP contribution in [0, 0.1) is 5.82 Å². The predicted molar refractivity (Wildman–Crippen MR) is 99.6 cm³/mol. The molecule has 144 valence electrons. The lowest BCUT2D eigenvalue weighted by atomic mass is 10.1. The van der Waals surface area contributed by atoms with Gasteiger partial charge in [-0.05, 0) is 24.1 Å². The van der Waals surface area contributed by atoms with E-state index in [2.05, 4.69) is 4.98 Å². The van der Waals surface area contributed by atoms with Crippen molar-refractivity contribution in [1.82, 2.24) is 4.98 Å². The highest BCUT2D eigenvalue weighted by Gasteiger charge is 2.28. The molecule has 2 aromatic rings. The van der Waals surface area contributed by atoms with Gasteiger partial charge in [0.1, 0.15) is 11.3 Å². The number of pyridine rings is 1. The SMILES string of the molecule is CCCC(=O)N(Cc1ccc(OC)cc1)c1c(C(=O)OC)cnc(Cl)c1F. The Bertz CT molecular complexity index is 827. The molecular formula is C19H20ClFN2O4. The van der Waals surface area contributed by atoms with E-state index >= 15 is 0 Å². The summed E-state index contributed by atoms with van der Waals surface area (Å²) in [6.45, 7) is 1.88. The van der Waals surface area contributed by atoms with Crippen molar-refractivity contribution in [2.45, 2.75) is 26.3 Å². The topological polar surface area (TPSA) is 68.7 Å². The number of methoxy groups -OCH3 is 2. The first-order valence-corrected chi connectivity index (χ1v) is 8.66. The van der Waals surface area contributed by atoms with E-state index in [1.165, 1.54) is 12.0 Å². The van der Waals surface area contributed by atoms with Crippen LogP contribution < -0.4 is 9.64 Å². The van der Waals surface area contributed by atoms with Crippen molar-refractivity contribution in [3.63, 3.8) is 0 Å². The minimum absolute atomic E-state index is 0.0457. The predicted octanol–water partition coefficient (Wildman–Crippen LogP) is 4.00. The molecule has 27 heavy (non-hydrogen) atoms. The summed E-state index contributed by atoms with van der Waals surface area (Å²) in [5.74, 6) is -1.45. The zero-order chi connectivity index (χ0) is 20.0. The van der Waals surface area contributed by atoms with Crippen LogP contribution in [0.3, 0.4) is 0 Å². The molecule has 0 fully saturated rings. The highest BCUT2D eigenvalue weighted by Crippen LogP contribution is 2.31. The van der Waals surface area contributed by atoms with Crippen molar-refractivity contribution in [3.05, 3.63) is 52.6 Å². The van der Waals surface area contributed by atoms with Crippen molar-refractivity contribution >= 4 is 29.2 Å². The average Bonchev–Trinajstić information content (AvgIpc) is 2.68. The van der Waals surface area contributed by atoms with E-state index in [4.69, 9.17) is 21.1 Å². The van der Waals surface area contributed by atoms with Crippen LogP contribution in [0.5, 0.6) is 5.75 Å². The largest absolute Gasteiger partial charge is 0.497 e. The summed E-state index contributed by atoms with van der Waals surface area (Å²) in [7, 11) is 2.71. The lowest BCUT2D eigenvalue weighted by Gasteiger charge is -2.25. The minimum Gasteiger partial charge on any atom is -0.497 e. The summed E-state index contributed by atoms with van der Waals surface area (Å²) in [5.41, 5.74) is 0.317. The Labute approximate surface area is 161 Å². The first-order valence-electron chi connectivity index (χ1n) is 8.28. The first kappa shape index (κ1) is 20.6. The van der Waals surface area contributed by atoms with E-state index in [-0.39, 0.29) is 30.1 Å². The number of carbonyl (C=O) groups is 2. The van der Waals surface area contributed by atoms with Crippen LogP contribution in [0.15, 0.2) is 30.5 Å². The Hall–Kier alpha value is -2.67. The normalized spacial score (nSPS) is 10.4. The number of rotatable bonds is 7. The molecule has 1 aromatic carbocycles. The van der Waals surface area contributed by atoms with Gasteiger partial charge in [0.25, 0.3) is 0 Å². The van der Waals surface area contributed by atoms with E-state index in [9.17, 15) is 14.0 Å². The zero-order valence-electron chi connectivity index (χ0n) is 15.3. The quantitative estimate of drug-likeness (QED) is 0.524. The van der Waals surface area contributed by atoms with Crippen LogP contribution in [-0.2, 0) is 16.1 Å². The van der Waals surface area contributed by atoms with Gasteiger partial charge >= 0.3 is 5.97 Å². The molecule has 0 spiro atoms. The Morgan fingerprint density at radius 2 is 1.89 bits per heavy atom. The monoisotopic (exact) mass is 394 g/mol. The van der Waals surface area contributed by atoms with Gasteiger partial charge in [0, 0.05) is 12.6 Å². The molecule has 0 aliphatic rings. The van der Waals surface area contributed by atoms with Gasteiger partial charge in [-0.2, -0.15) is 0 Å². The van der Waals surface area contributed by atoms with Gasteiger partial charge in [-0.3, -0.25) is 4.79 Å². The third-order valence-electron chi connectivity index (χ3n) is 3.89. The summed E-state index contributed by atoms with van der Waals surface area (Å²) < 4.78 is 24.6. The number of nitrogens with zero attached hydrogens (tertiary/aromatic N) is 2. The maximum atomic E-state index is 14.8. The molecule has 0 bridgehead atoms. The van der Waals surface area contributed by atoms with Crippen molar-refractivity contribution < 1.29 is 23.5 Å². The number of benzene rings is 1. The van der Waals surface area contributed by atoms with Crippen molar-refractivity contribution in [1.29, 1.82) is 0 Å². The number of hydrogen-bond acceptors (Lipinski definition) is 5. The first-order chi connectivity index (χ1) is 12.9. The molecular weight excluding hydrogens is 375 g/mol. The number of amides is 1. The number of aromatic nitrogens is 1. The van der Waals surface area contributed by atoms with Crippen LogP contribution in [0.25, 0.3) is 0 Å². The second-order valence-corrected chi connectivity index (χ2v) is 6.05. The molecule has 0 saturated heterocycles. The van der Waals surface area contributed by atoms with Crippen molar-refractivity contribution in [2.75, 3.05) is 19.1 Å². The number of ether oxygens (including phenoxy) is 2. The maximum Gasteiger partial charge on any atom is 0.341 e. The van der Waals surface area contributed by atoms with Gasteiger partial charge < -0.3 is 14.4 Å². The third-order valence-corrected chi connectivity index (χ3v) is 4.15. The lowest BCUT2D eigenvalue weighted by Crippen LogP contribution is -2.32. The summed E-state index contributed by atoms with van der Waals surface area (Å²) in [5, 5.41) is -0.429. The highest BCUT2D eigenvalue weighted by atomic mass is 35.5. The van der Waals surface area contributed by atoms with Gasteiger partial charge in [0.2, 0.25) is 5.91 Å². The Morgan fingerprint density at radius 3 is 2.44 bits per heavy atom. The fraction of sp³-hybridized carbons (Fsp3) is 0.316. The number of carbonyl (C=O) groups excluding carboxylic acids is 2. The third kappa shape index (κ3) is 4.74. The van der Waals surface area contributed by atoms with Gasteiger partial charge in [0.05, 0.1) is 26.5 Å². The number of halogens is 2. The van der Waals surface area contributed by atoms with Crippen LogP contribution in [0.4, 0.5) is 10.1 Å². The molecule has 2 rings (SSSR count). The zero-order valence-corrected chi connectivity index (χ0v) is 16.0. The summed E-state index contributed by atoms with van der Waals surface area (Å²) in [4.78, 5) is 29.7. The fourth-order valence-electron chi connectivity index (χ4n) is 2.53. The molecule has 0 saturated carbocycles. The molecule has 1 aromatic heterocycles. The Balaban J connectivity index is 2.55. The van der Waals surface area contributed by atoms with Gasteiger partial charge in [-0.25, -0.2) is 14.2 Å². The van der Waals surface area contributed by atoms with Gasteiger partial charge in [0.15, 0.2) is 11.0 Å². The Kier molecular flexibility index (Phi) is 7.12. The molecule has 0 atom stereocenters. The molecule has 0 radical (unpaired) electrons. The summed E-state index contributed by atoms with van der Waals surface area (Å²) in [6.07, 6.45) is 1.84. The summed E-state index contributed by atoms with van der Waals surface area (Å²) >= 11 is 5.81. The van der Waals surface area contributed by atoms with E-state index < -0.39 is 16.9 Å². The molecule has 0 aliphatic carbocycles. The standard InChI is InChI=1S/C19H20ClFN2O4/c1-4-5-15(24)23(11-12-6-8-13(26-2)9-7-12)17-14(19(25)27-3)10-22-18(20)16(17)21/h6-10H,4-5,11H2,1-3H3. The Morgan fingerprint density at radius 1 is 1.22 bits per heavy atom. The van der Waals surface area contributed by atoms with Crippen molar-refractivity contribution in [3.8, 4) is 5.75 Å². The minimum atomic E-state index is -0.947. The molecule has 0 aliphatic heterocycles. The molecule has 6 nitrogen and oxygen atoms in total. The molecule has 0 N–H and O–H groups in total. The van der Waals surface area contributed by atoms with Gasteiger partial charge in [-0.1, -0.05) is 30.7 Å². The van der Waals surface area contributed by atoms with Crippen LogP contribution in [-0.4, -0.2) is 31.1 Å². The van der Waals surface area contributed by atoms with Crippen LogP contribution in [0.2, 0.25) is 5.15 Å². The number of esters is 1. The van der Waals surface area contributed by atoms with E-state index in [1.54, 1.807) is 31.4 Å². The second-order valence-electron chi connectivity index (χ2n) is 5.69. The van der Waals surface area contributed by atoms with Gasteiger partial charge in [-0.15, -0.1) is 0 Å². The molecule has 8 heteroatoms. The number of hydrogen-bond donors (Lipinski definition) is 0. The van der Waals surface area contributed by atoms with Crippen molar-refractivity contribution in [2.24, 2.45) is 0 Å². The molecule has 0 unspecified atom stereocenters. The van der Waals surface area contributed by atoms with E-state index in [1.807, 2.05) is 6.92 Å². The van der Waals surface area contributed by atoms with E-state index in [0.717, 1.165) is 11.8 Å². The second kappa shape index (κ2) is 9.32. The lowest BCUT2D eigenvalue weighted by molar-refractivity contribution is -0.118. The maximum absolute atomic E-state index is 14.8. The van der Waals surface area contributed by atoms with Crippen LogP contribution >= 0.6 is 11.6 Å². The molecule has 1 heterocycles. The average molecular weight is 395 g/mol. The molecule has 1 amide bonds. The van der Waals surface area contributed by atoms with Crippen LogP contribution in [0.1, 0.15) is 35.7 Å². The summed E-state index contributed by atoms with van der Waals surface area (Å²) in [6, 6.07) is 6.97. The van der Waals surface area contributed by atoms with E-state index in [0.29, 0.717) is 12.2 Å².